The molecular weight excluding hydrogens is 502 g/mol. The summed E-state index contributed by atoms with van der Waals surface area (Å²) >= 11 is 0. The number of carbonyl (C=O) groups excluding carboxylic acids is 4. The first-order chi connectivity index (χ1) is 18.7. The van der Waals surface area contributed by atoms with E-state index in [0.29, 0.717) is 38.8 Å². The van der Waals surface area contributed by atoms with Crippen LogP contribution in [0.3, 0.4) is 0 Å². The van der Waals surface area contributed by atoms with Gasteiger partial charge in [-0.05, 0) is 61.4 Å². The lowest BCUT2D eigenvalue weighted by Gasteiger charge is -2.27. The Bertz CT molecular complexity index is 1200. The van der Waals surface area contributed by atoms with Gasteiger partial charge in [0.2, 0.25) is 23.6 Å². The van der Waals surface area contributed by atoms with Crippen LogP contribution >= 0.6 is 0 Å². The monoisotopic (exact) mass is 539 g/mol. The van der Waals surface area contributed by atoms with Crippen molar-refractivity contribution in [2.45, 2.75) is 69.5 Å². The van der Waals surface area contributed by atoms with E-state index in [9.17, 15) is 24.0 Å². The minimum atomic E-state index is -1.19. The molecule has 11 heteroatoms. The van der Waals surface area contributed by atoms with E-state index in [1.54, 1.807) is 4.90 Å². The van der Waals surface area contributed by atoms with Gasteiger partial charge in [-0.3, -0.25) is 24.0 Å². The molecule has 11 nitrogen and oxygen atoms in total. The zero-order valence-electron chi connectivity index (χ0n) is 21.9. The molecule has 39 heavy (non-hydrogen) atoms. The van der Waals surface area contributed by atoms with Crippen LogP contribution in [0.1, 0.15) is 50.5 Å². The highest BCUT2D eigenvalue weighted by Crippen LogP contribution is 2.23. The molecule has 3 unspecified atom stereocenters. The van der Waals surface area contributed by atoms with Crippen molar-refractivity contribution >= 4 is 40.4 Å². The van der Waals surface area contributed by atoms with Crippen LogP contribution in [0.15, 0.2) is 42.5 Å². The third kappa shape index (κ3) is 8.25. The van der Waals surface area contributed by atoms with Gasteiger partial charge in [-0.15, -0.1) is 0 Å². The predicted molar refractivity (Wildman–Crippen MR) is 145 cm³/mol. The van der Waals surface area contributed by atoms with Crippen LogP contribution in [0.5, 0.6) is 0 Å². The average Bonchev–Trinajstić information content (AvgIpc) is 3.41. The van der Waals surface area contributed by atoms with Gasteiger partial charge < -0.3 is 32.1 Å². The van der Waals surface area contributed by atoms with Crippen molar-refractivity contribution in [3.05, 3.63) is 48.0 Å². The van der Waals surface area contributed by atoms with E-state index >= 15 is 0 Å². The summed E-state index contributed by atoms with van der Waals surface area (Å²) in [6, 6.07) is 10.7. The maximum Gasteiger partial charge on any atom is 0.303 e. The molecule has 1 aliphatic rings. The van der Waals surface area contributed by atoms with E-state index in [-0.39, 0.29) is 31.6 Å². The number of nitrogens with one attached hydrogen (secondary N) is 2. The molecule has 2 aromatic carbocycles. The van der Waals surface area contributed by atoms with Crippen LogP contribution in [0.2, 0.25) is 0 Å². The number of likely N-dealkylation sites (tertiary alicyclic amines) is 1. The highest BCUT2D eigenvalue weighted by Gasteiger charge is 2.36. The minimum absolute atomic E-state index is 0.148. The van der Waals surface area contributed by atoms with Crippen LogP contribution in [-0.2, 0) is 30.4 Å². The Labute approximate surface area is 227 Å². The summed E-state index contributed by atoms with van der Waals surface area (Å²) in [6.45, 7) is 0.842. The summed E-state index contributed by atoms with van der Waals surface area (Å²) in [5.74, 6) is -3.25. The highest BCUT2D eigenvalue weighted by atomic mass is 16.4. The first kappa shape index (κ1) is 29.6. The normalized spacial score (nSPS) is 16.4. The highest BCUT2D eigenvalue weighted by molar-refractivity contribution is 5.95. The Morgan fingerprint density at radius 1 is 0.974 bits per heavy atom. The smallest absolute Gasteiger partial charge is 0.303 e. The number of aliphatic carboxylic acids is 1. The molecule has 0 aromatic heterocycles. The van der Waals surface area contributed by atoms with Crippen molar-refractivity contribution in [3.63, 3.8) is 0 Å². The molecule has 1 aliphatic heterocycles. The number of carboxylic acid groups (broad SMARTS) is 1. The predicted octanol–water partition coefficient (Wildman–Crippen LogP) is 0.822. The molecule has 1 fully saturated rings. The summed E-state index contributed by atoms with van der Waals surface area (Å²) in [4.78, 5) is 63.9. The number of carboxylic acids is 1. The molecule has 1 heterocycles. The van der Waals surface area contributed by atoms with Crippen LogP contribution in [0, 0.1) is 0 Å². The number of nitrogens with zero attached hydrogens (tertiary/aromatic N) is 1. The number of amides is 4. The molecule has 0 spiro atoms. The fourth-order valence-electron chi connectivity index (χ4n) is 4.90. The molecule has 3 rings (SSSR count). The first-order valence-electron chi connectivity index (χ1n) is 13.3. The van der Waals surface area contributed by atoms with Gasteiger partial charge in [0, 0.05) is 13.0 Å². The third-order valence-electron chi connectivity index (χ3n) is 6.98. The number of primary amides is 1. The number of unbranched alkanes of at least 4 members (excludes halogenated alkanes) is 1. The SMILES string of the molecule is NCCCCC(NC(=O)C1CCCN1C(=O)Cc1cccc2ccccc12)C(=O)NC(CCC(=O)O)C(N)=O. The summed E-state index contributed by atoms with van der Waals surface area (Å²) in [5.41, 5.74) is 11.8. The van der Waals surface area contributed by atoms with Gasteiger partial charge in [0.1, 0.15) is 18.1 Å². The largest absolute Gasteiger partial charge is 0.481 e. The Morgan fingerprint density at radius 3 is 2.44 bits per heavy atom. The fourth-order valence-corrected chi connectivity index (χ4v) is 4.90. The Balaban J connectivity index is 1.69. The first-order valence-corrected chi connectivity index (χ1v) is 13.3. The Kier molecular flexibility index (Phi) is 10.8. The van der Waals surface area contributed by atoms with E-state index < -0.39 is 41.8 Å². The molecule has 4 amide bonds. The molecule has 3 atom stereocenters. The standard InChI is InChI=1S/C28H37N5O6/c29-15-4-3-11-22(27(38)31-21(26(30)37)13-14-25(35)36)32-28(39)23-12-6-16-33(23)24(34)17-19-9-5-8-18-7-1-2-10-20(18)19/h1-2,5,7-10,21-23H,3-4,6,11-17,29H2,(H2,30,37)(H,31,38)(H,32,39)(H,35,36). The third-order valence-corrected chi connectivity index (χ3v) is 6.98. The van der Waals surface area contributed by atoms with Crippen LogP contribution < -0.4 is 22.1 Å². The van der Waals surface area contributed by atoms with Gasteiger partial charge in [0.25, 0.3) is 0 Å². The molecule has 2 aromatic rings. The molecule has 0 bridgehead atoms. The number of rotatable bonds is 14. The van der Waals surface area contributed by atoms with Crippen LogP contribution in [-0.4, -0.2) is 70.8 Å². The second-order valence-corrected chi connectivity index (χ2v) is 9.80. The topological polar surface area (TPSA) is 185 Å². The number of benzene rings is 2. The van der Waals surface area contributed by atoms with E-state index in [2.05, 4.69) is 10.6 Å². The van der Waals surface area contributed by atoms with Gasteiger partial charge in [0.05, 0.1) is 6.42 Å². The van der Waals surface area contributed by atoms with Gasteiger partial charge in [0.15, 0.2) is 0 Å². The van der Waals surface area contributed by atoms with Gasteiger partial charge >= 0.3 is 5.97 Å². The summed E-state index contributed by atoms with van der Waals surface area (Å²) < 4.78 is 0. The van der Waals surface area contributed by atoms with Gasteiger partial charge in [-0.1, -0.05) is 42.5 Å². The fraction of sp³-hybridized carbons (Fsp3) is 0.464. The summed E-state index contributed by atoms with van der Waals surface area (Å²) in [5, 5.41) is 16.2. The lowest BCUT2D eigenvalue weighted by molar-refractivity contribution is -0.139. The quantitative estimate of drug-likeness (QED) is 0.220. The van der Waals surface area contributed by atoms with Gasteiger partial charge in [-0.25, -0.2) is 0 Å². The summed E-state index contributed by atoms with van der Waals surface area (Å²) in [6.07, 6.45) is 2.17. The van der Waals surface area contributed by atoms with Crippen molar-refractivity contribution in [1.29, 1.82) is 0 Å². The van der Waals surface area contributed by atoms with Crippen molar-refractivity contribution < 1.29 is 29.1 Å². The van der Waals surface area contributed by atoms with Crippen molar-refractivity contribution in [2.24, 2.45) is 11.5 Å². The molecule has 0 saturated carbocycles. The number of nitrogens with two attached hydrogens (primary N) is 2. The lowest BCUT2D eigenvalue weighted by Crippen LogP contribution is -2.56. The second-order valence-electron chi connectivity index (χ2n) is 9.80. The van der Waals surface area contributed by atoms with E-state index in [4.69, 9.17) is 16.6 Å². The average molecular weight is 540 g/mol. The zero-order chi connectivity index (χ0) is 28.4. The van der Waals surface area contributed by atoms with Crippen molar-refractivity contribution in [3.8, 4) is 0 Å². The van der Waals surface area contributed by atoms with E-state index in [0.717, 1.165) is 16.3 Å². The van der Waals surface area contributed by atoms with Crippen LogP contribution in [0.25, 0.3) is 10.8 Å². The molecule has 0 aliphatic carbocycles. The molecule has 0 radical (unpaired) electrons. The number of carbonyl (C=O) groups is 5. The number of fused-ring (bicyclic) bond motifs is 1. The van der Waals surface area contributed by atoms with Crippen molar-refractivity contribution in [2.75, 3.05) is 13.1 Å². The van der Waals surface area contributed by atoms with Gasteiger partial charge in [-0.2, -0.15) is 0 Å². The van der Waals surface area contributed by atoms with E-state index in [1.165, 1.54) is 0 Å². The summed E-state index contributed by atoms with van der Waals surface area (Å²) in [7, 11) is 0. The zero-order valence-corrected chi connectivity index (χ0v) is 21.9. The molecular formula is C28H37N5O6. The molecule has 210 valence electrons. The number of hydrogen-bond donors (Lipinski definition) is 5. The Hall–Kier alpha value is -3.99. The molecule has 7 N–H and O–H groups in total. The lowest BCUT2D eigenvalue weighted by atomic mass is 10.0. The molecule has 1 saturated heterocycles. The van der Waals surface area contributed by atoms with Crippen LogP contribution in [0.4, 0.5) is 0 Å². The number of hydrogen-bond acceptors (Lipinski definition) is 6. The van der Waals surface area contributed by atoms with Crippen molar-refractivity contribution in [1.82, 2.24) is 15.5 Å². The maximum atomic E-state index is 13.3. The maximum absolute atomic E-state index is 13.3. The van der Waals surface area contributed by atoms with E-state index in [1.807, 2.05) is 42.5 Å². The Morgan fingerprint density at radius 2 is 1.72 bits per heavy atom. The second kappa shape index (κ2) is 14.2. The minimum Gasteiger partial charge on any atom is -0.481 e.